The van der Waals surface area contributed by atoms with Crippen LogP contribution in [0.5, 0.6) is 0 Å². The van der Waals surface area contributed by atoms with Crippen molar-refractivity contribution in [3.8, 4) is 0 Å². The van der Waals surface area contributed by atoms with Crippen molar-refractivity contribution >= 4 is 11.8 Å². The number of nitrogens with zero attached hydrogens (tertiary/aromatic N) is 1. The average molecular weight is 372 g/mol. The molecule has 1 aliphatic heterocycles. The zero-order valence-corrected chi connectivity index (χ0v) is 15.2. The Morgan fingerprint density at radius 3 is 2.44 bits per heavy atom. The second-order valence-electron chi connectivity index (χ2n) is 6.98. The van der Waals surface area contributed by atoms with Gasteiger partial charge in [-0.25, -0.2) is 8.78 Å². The molecule has 2 amide bonds. The van der Waals surface area contributed by atoms with Gasteiger partial charge >= 0.3 is 0 Å². The Kier molecular flexibility index (Phi) is 5.84. The molecule has 2 aromatic carbocycles. The van der Waals surface area contributed by atoms with E-state index in [1.165, 1.54) is 12.1 Å². The number of carbonyl (C=O) groups is 2. The number of aryl methyl sites for hydroxylation is 1. The predicted molar refractivity (Wildman–Crippen MR) is 97.8 cm³/mol. The van der Waals surface area contributed by atoms with Crippen LogP contribution in [0.2, 0.25) is 0 Å². The minimum Gasteiger partial charge on any atom is -0.355 e. The van der Waals surface area contributed by atoms with Crippen LogP contribution in [-0.4, -0.2) is 29.8 Å². The molecule has 1 N–H and O–H groups in total. The Balaban J connectivity index is 1.49. The number of carbonyl (C=O) groups excluding carboxylic acids is 2. The number of benzene rings is 2. The summed E-state index contributed by atoms with van der Waals surface area (Å²) in [5, 5.41) is 2.76. The van der Waals surface area contributed by atoms with Gasteiger partial charge in [0, 0.05) is 32.1 Å². The Morgan fingerprint density at radius 2 is 1.78 bits per heavy atom. The summed E-state index contributed by atoms with van der Waals surface area (Å²) in [5.74, 6) is -1.91. The summed E-state index contributed by atoms with van der Waals surface area (Å²) in [6.45, 7) is 3.15. The first kappa shape index (κ1) is 19.0. The van der Waals surface area contributed by atoms with E-state index in [-0.39, 0.29) is 24.8 Å². The molecule has 27 heavy (non-hydrogen) atoms. The molecule has 0 spiro atoms. The molecule has 2 aromatic rings. The number of amides is 2. The predicted octanol–water partition coefficient (Wildman–Crippen LogP) is 2.98. The minimum atomic E-state index is -0.635. The van der Waals surface area contributed by atoms with Crippen LogP contribution in [0.25, 0.3) is 0 Å². The van der Waals surface area contributed by atoms with E-state index in [2.05, 4.69) is 5.32 Å². The van der Waals surface area contributed by atoms with Crippen LogP contribution in [0.4, 0.5) is 8.78 Å². The van der Waals surface area contributed by atoms with Crippen molar-refractivity contribution in [3.05, 3.63) is 70.8 Å². The maximum Gasteiger partial charge on any atom is 0.225 e. The van der Waals surface area contributed by atoms with E-state index >= 15 is 0 Å². The highest BCUT2D eigenvalue weighted by Crippen LogP contribution is 2.20. The molecule has 1 aliphatic rings. The summed E-state index contributed by atoms with van der Waals surface area (Å²) in [5.41, 5.74) is 2.67. The van der Waals surface area contributed by atoms with Crippen LogP contribution >= 0.6 is 0 Å². The maximum absolute atomic E-state index is 13.2. The Bertz CT molecular complexity index is 816. The van der Waals surface area contributed by atoms with E-state index < -0.39 is 17.6 Å². The summed E-state index contributed by atoms with van der Waals surface area (Å²) in [6, 6.07) is 11.3. The van der Waals surface area contributed by atoms with Gasteiger partial charge in [0.25, 0.3) is 0 Å². The highest BCUT2D eigenvalue weighted by molar-refractivity contribution is 5.89. The third-order valence-electron chi connectivity index (χ3n) is 4.71. The molecule has 6 heteroatoms. The van der Waals surface area contributed by atoms with Crippen molar-refractivity contribution < 1.29 is 18.4 Å². The lowest BCUT2D eigenvalue weighted by molar-refractivity contribution is -0.129. The lowest BCUT2D eigenvalue weighted by Gasteiger charge is -2.17. The van der Waals surface area contributed by atoms with Gasteiger partial charge in [-0.3, -0.25) is 9.59 Å². The first-order valence-electron chi connectivity index (χ1n) is 8.97. The number of rotatable bonds is 6. The van der Waals surface area contributed by atoms with Crippen LogP contribution < -0.4 is 5.32 Å². The molecule has 0 bridgehead atoms. The summed E-state index contributed by atoms with van der Waals surface area (Å²) < 4.78 is 26.4. The second-order valence-corrected chi connectivity index (χ2v) is 6.98. The van der Waals surface area contributed by atoms with Gasteiger partial charge in [-0.05, 0) is 36.6 Å². The van der Waals surface area contributed by atoms with Crippen molar-refractivity contribution in [1.29, 1.82) is 0 Å². The van der Waals surface area contributed by atoms with Crippen LogP contribution in [-0.2, 0) is 22.6 Å². The van der Waals surface area contributed by atoms with Gasteiger partial charge in [0.1, 0.15) is 11.6 Å². The van der Waals surface area contributed by atoms with Gasteiger partial charge in [0.15, 0.2) is 0 Å². The quantitative estimate of drug-likeness (QED) is 0.848. The molecule has 3 rings (SSSR count). The fourth-order valence-electron chi connectivity index (χ4n) is 3.24. The standard InChI is InChI=1S/C21H22F2N2O2/c1-14-2-4-15(5-3-14)12-25-13-17(10-20(25)26)21(27)24-7-6-16-8-18(22)11-19(23)9-16/h2-5,8-9,11,17H,6-7,10,12-13H2,1H3,(H,24,27). The monoisotopic (exact) mass is 372 g/mol. The number of nitrogens with one attached hydrogen (secondary N) is 1. The first-order chi connectivity index (χ1) is 12.9. The fraction of sp³-hybridized carbons (Fsp3) is 0.333. The molecule has 142 valence electrons. The molecule has 0 radical (unpaired) electrons. The molecule has 4 nitrogen and oxygen atoms in total. The topological polar surface area (TPSA) is 49.4 Å². The molecule has 1 heterocycles. The summed E-state index contributed by atoms with van der Waals surface area (Å²) in [7, 11) is 0. The summed E-state index contributed by atoms with van der Waals surface area (Å²) in [6.07, 6.45) is 0.514. The van der Waals surface area contributed by atoms with Crippen LogP contribution in [0.1, 0.15) is 23.1 Å². The van der Waals surface area contributed by atoms with E-state index in [9.17, 15) is 18.4 Å². The van der Waals surface area contributed by atoms with Crippen LogP contribution in [0.3, 0.4) is 0 Å². The first-order valence-corrected chi connectivity index (χ1v) is 8.97. The Labute approximate surface area is 157 Å². The molecule has 1 unspecified atom stereocenters. The summed E-state index contributed by atoms with van der Waals surface area (Å²) >= 11 is 0. The van der Waals surface area contributed by atoms with E-state index in [0.717, 1.165) is 17.2 Å². The number of likely N-dealkylation sites (tertiary alicyclic amines) is 1. The van der Waals surface area contributed by atoms with Crippen molar-refractivity contribution in [2.45, 2.75) is 26.3 Å². The van der Waals surface area contributed by atoms with Gasteiger partial charge in [0.2, 0.25) is 11.8 Å². The van der Waals surface area contributed by atoms with Gasteiger partial charge in [-0.15, -0.1) is 0 Å². The van der Waals surface area contributed by atoms with Crippen molar-refractivity contribution in [3.63, 3.8) is 0 Å². The van der Waals surface area contributed by atoms with Gasteiger partial charge < -0.3 is 10.2 Å². The lowest BCUT2D eigenvalue weighted by atomic mass is 10.1. The Morgan fingerprint density at radius 1 is 1.11 bits per heavy atom. The number of hydrogen-bond donors (Lipinski definition) is 1. The fourth-order valence-corrected chi connectivity index (χ4v) is 3.24. The van der Waals surface area contributed by atoms with E-state index in [1.807, 2.05) is 31.2 Å². The zero-order chi connectivity index (χ0) is 19.4. The average Bonchev–Trinajstić information content (AvgIpc) is 2.97. The lowest BCUT2D eigenvalue weighted by Crippen LogP contribution is -2.34. The molecular formula is C21H22F2N2O2. The van der Waals surface area contributed by atoms with Crippen LogP contribution in [0, 0.1) is 24.5 Å². The molecule has 1 fully saturated rings. The molecular weight excluding hydrogens is 350 g/mol. The Hall–Kier alpha value is -2.76. The van der Waals surface area contributed by atoms with E-state index in [1.54, 1.807) is 4.90 Å². The molecule has 1 saturated heterocycles. The zero-order valence-electron chi connectivity index (χ0n) is 15.2. The van der Waals surface area contributed by atoms with Crippen molar-refractivity contribution in [2.24, 2.45) is 5.92 Å². The third-order valence-corrected chi connectivity index (χ3v) is 4.71. The van der Waals surface area contributed by atoms with Crippen molar-refractivity contribution in [2.75, 3.05) is 13.1 Å². The summed E-state index contributed by atoms with van der Waals surface area (Å²) in [4.78, 5) is 26.2. The molecule has 0 aliphatic carbocycles. The normalized spacial score (nSPS) is 16.6. The van der Waals surface area contributed by atoms with Crippen molar-refractivity contribution in [1.82, 2.24) is 10.2 Å². The molecule has 0 saturated carbocycles. The smallest absolute Gasteiger partial charge is 0.225 e. The SMILES string of the molecule is Cc1ccc(CN2CC(C(=O)NCCc3cc(F)cc(F)c3)CC2=O)cc1. The third kappa shape index (κ3) is 5.12. The highest BCUT2D eigenvalue weighted by atomic mass is 19.1. The molecule has 1 atom stereocenters. The van der Waals surface area contributed by atoms with Crippen LogP contribution in [0.15, 0.2) is 42.5 Å². The van der Waals surface area contributed by atoms with E-state index in [4.69, 9.17) is 0 Å². The minimum absolute atomic E-state index is 0.0390. The van der Waals surface area contributed by atoms with Gasteiger partial charge in [0.05, 0.1) is 5.92 Å². The van der Waals surface area contributed by atoms with E-state index in [0.29, 0.717) is 25.1 Å². The highest BCUT2D eigenvalue weighted by Gasteiger charge is 2.33. The van der Waals surface area contributed by atoms with Gasteiger partial charge in [-0.2, -0.15) is 0 Å². The number of hydrogen-bond acceptors (Lipinski definition) is 2. The second kappa shape index (κ2) is 8.29. The molecule has 0 aromatic heterocycles. The largest absolute Gasteiger partial charge is 0.355 e. The van der Waals surface area contributed by atoms with Gasteiger partial charge in [-0.1, -0.05) is 29.8 Å². The maximum atomic E-state index is 13.2. The number of halogens is 2.